The van der Waals surface area contributed by atoms with Crippen LogP contribution in [0.15, 0.2) is 23.0 Å². The molecule has 0 unspecified atom stereocenters. The van der Waals surface area contributed by atoms with Crippen LogP contribution >= 0.6 is 0 Å². The lowest BCUT2D eigenvalue weighted by atomic mass is 10.1. The summed E-state index contributed by atoms with van der Waals surface area (Å²) in [6, 6.07) is 0. The minimum atomic E-state index is -0.0633. The third-order valence-electron chi connectivity index (χ3n) is 3.91. The number of amides is 1. The molecule has 0 aromatic carbocycles. The Balaban J connectivity index is 1.55. The monoisotopic (exact) mass is 315 g/mol. The van der Waals surface area contributed by atoms with E-state index in [1.165, 1.54) is 12.4 Å². The van der Waals surface area contributed by atoms with E-state index >= 15 is 0 Å². The van der Waals surface area contributed by atoms with Crippen molar-refractivity contribution in [2.24, 2.45) is 11.8 Å². The number of nitrogens with zero attached hydrogens (tertiary/aromatic N) is 5. The fourth-order valence-electron chi connectivity index (χ4n) is 2.80. The van der Waals surface area contributed by atoms with E-state index in [9.17, 15) is 4.79 Å². The summed E-state index contributed by atoms with van der Waals surface area (Å²) < 4.78 is 5.69. The van der Waals surface area contributed by atoms with Gasteiger partial charge in [-0.25, -0.2) is 4.98 Å². The number of carbonyl (C=O) groups excluding carboxylic acids is 1. The molecule has 122 valence electrons. The van der Waals surface area contributed by atoms with Crippen molar-refractivity contribution >= 4 is 5.91 Å². The highest BCUT2D eigenvalue weighted by molar-refractivity contribution is 5.92. The van der Waals surface area contributed by atoms with Gasteiger partial charge in [-0.1, -0.05) is 13.8 Å². The highest BCUT2D eigenvalue weighted by atomic mass is 16.4. The van der Waals surface area contributed by atoms with Crippen LogP contribution in [0.3, 0.4) is 0 Å². The summed E-state index contributed by atoms with van der Waals surface area (Å²) in [6.07, 6.45) is 7.06. The van der Waals surface area contributed by atoms with E-state index in [-0.39, 0.29) is 5.91 Å². The van der Waals surface area contributed by atoms with E-state index in [1.807, 2.05) is 4.90 Å². The molecule has 1 fully saturated rings. The lowest BCUT2D eigenvalue weighted by molar-refractivity contribution is 0.0780. The molecule has 0 aliphatic carbocycles. The molecule has 3 rings (SSSR count). The zero-order chi connectivity index (χ0) is 16.2. The maximum Gasteiger partial charge on any atom is 0.274 e. The highest BCUT2D eigenvalue weighted by Crippen LogP contribution is 2.22. The van der Waals surface area contributed by atoms with Crippen molar-refractivity contribution in [1.82, 2.24) is 25.1 Å². The van der Waals surface area contributed by atoms with Gasteiger partial charge in [0, 0.05) is 38.3 Å². The highest BCUT2D eigenvalue weighted by Gasteiger charge is 2.29. The molecule has 7 heteroatoms. The number of hydrogen-bond donors (Lipinski definition) is 0. The summed E-state index contributed by atoms with van der Waals surface area (Å²) >= 11 is 0. The van der Waals surface area contributed by atoms with Crippen molar-refractivity contribution in [3.63, 3.8) is 0 Å². The van der Waals surface area contributed by atoms with Gasteiger partial charge >= 0.3 is 0 Å². The molecule has 0 N–H and O–H groups in total. The third kappa shape index (κ3) is 3.91. The van der Waals surface area contributed by atoms with Crippen molar-refractivity contribution < 1.29 is 9.21 Å². The Morgan fingerprint density at radius 3 is 2.91 bits per heavy atom. The number of likely N-dealkylation sites (tertiary alicyclic amines) is 1. The van der Waals surface area contributed by atoms with Gasteiger partial charge < -0.3 is 9.32 Å². The number of hydrogen-bond acceptors (Lipinski definition) is 6. The quantitative estimate of drug-likeness (QED) is 0.836. The first kappa shape index (κ1) is 15.6. The Hall–Kier alpha value is -2.31. The Morgan fingerprint density at radius 2 is 2.17 bits per heavy atom. The van der Waals surface area contributed by atoms with E-state index in [4.69, 9.17) is 4.42 Å². The van der Waals surface area contributed by atoms with Crippen molar-refractivity contribution in [2.45, 2.75) is 33.1 Å². The zero-order valence-corrected chi connectivity index (χ0v) is 13.5. The first-order chi connectivity index (χ1) is 11.1. The fraction of sp³-hybridized carbons (Fsp3) is 0.562. The van der Waals surface area contributed by atoms with Crippen LogP contribution in [0.25, 0.3) is 0 Å². The lowest BCUT2D eigenvalue weighted by Gasteiger charge is -2.15. The molecule has 2 aromatic rings. The van der Waals surface area contributed by atoms with Crippen molar-refractivity contribution in [2.75, 3.05) is 13.1 Å². The smallest absolute Gasteiger partial charge is 0.274 e. The van der Waals surface area contributed by atoms with Gasteiger partial charge in [0.05, 0.1) is 6.20 Å². The first-order valence-corrected chi connectivity index (χ1v) is 7.98. The second-order valence-electron chi connectivity index (χ2n) is 6.39. The van der Waals surface area contributed by atoms with Crippen LogP contribution in [0.5, 0.6) is 0 Å². The molecular formula is C16H21N5O2. The van der Waals surface area contributed by atoms with Gasteiger partial charge in [-0.15, -0.1) is 10.2 Å². The Bertz CT molecular complexity index is 656. The maximum absolute atomic E-state index is 12.3. The molecule has 2 aromatic heterocycles. The summed E-state index contributed by atoms with van der Waals surface area (Å²) in [4.78, 5) is 22.2. The minimum Gasteiger partial charge on any atom is -0.425 e. The normalized spacial score (nSPS) is 17.9. The summed E-state index contributed by atoms with van der Waals surface area (Å²) in [5, 5.41) is 8.20. The molecular weight excluding hydrogens is 294 g/mol. The third-order valence-corrected chi connectivity index (χ3v) is 3.91. The van der Waals surface area contributed by atoms with Crippen LogP contribution in [-0.2, 0) is 12.8 Å². The zero-order valence-electron chi connectivity index (χ0n) is 13.5. The van der Waals surface area contributed by atoms with Crippen LogP contribution in [-0.4, -0.2) is 44.1 Å². The van der Waals surface area contributed by atoms with Gasteiger partial charge in [0.15, 0.2) is 0 Å². The number of carbonyl (C=O) groups is 1. The van der Waals surface area contributed by atoms with Gasteiger partial charge in [-0.3, -0.25) is 9.78 Å². The average molecular weight is 315 g/mol. The largest absolute Gasteiger partial charge is 0.425 e. The molecule has 1 aliphatic rings. The SMILES string of the molecule is CC(C)Cc1nnc(C[C@H]2CCN(C(=O)c3cnccn3)C2)o1. The van der Waals surface area contributed by atoms with E-state index < -0.39 is 0 Å². The second kappa shape index (κ2) is 6.85. The van der Waals surface area contributed by atoms with Crippen molar-refractivity contribution in [3.8, 4) is 0 Å². The Kier molecular flexibility index (Phi) is 4.64. The molecule has 23 heavy (non-hydrogen) atoms. The van der Waals surface area contributed by atoms with Crippen molar-refractivity contribution in [1.29, 1.82) is 0 Å². The van der Waals surface area contributed by atoms with Gasteiger partial charge in [-0.05, 0) is 18.3 Å². The lowest BCUT2D eigenvalue weighted by Crippen LogP contribution is -2.29. The van der Waals surface area contributed by atoms with Gasteiger partial charge in [-0.2, -0.15) is 0 Å². The van der Waals surface area contributed by atoms with Gasteiger partial charge in [0.1, 0.15) is 5.69 Å². The number of rotatable bonds is 5. The van der Waals surface area contributed by atoms with Crippen LogP contribution in [0.4, 0.5) is 0 Å². The average Bonchev–Trinajstić information content (AvgIpc) is 3.17. The predicted octanol–water partition coefficient (Wildman–Crippen LogP) is 1.76. The maximum atomic E-state index is 12.3. The molecule has 3 heterocycles. The molecule has 0 saturated carbocycles. The van der Waals surface area contributed by atoms with E-state index in [1.54, 1.807) is 6.20 Å². The topological polar surface area (TPSA) is 85.0 Å². The number of aromatic nitrogens is 4. The standard InChI is InChI=1S/C16H21N5O2/c1-11(2)7-14-19-20-15(23-14)8-12-3-6-21(10-12)16(22)13-9-17-4-5-18-13/h4-5,9,11-12H,3,6-8,10H2,1-2H3/t12-/m1/s1. The molecule has 1 amide bonds. The molecule has 0 spiro atoms. The van der Waals surface area contributed by atoms with Crippen LogP contribution in [0, 0.1) is 11.8 Å². The van der Waals surface area contributed by atoms with Crippen molar-refractivity contribution in [3.05, 3.63) is 36.1 Å². The fourth-order valence-corrected chi connectivity index (χ4v) is 2.80. The van der Waals surface area contributed by atoms with E-state index in [0.29, 0.717) is 35.9 Å². The summed E-state index contributed by atoms with van der Waals surface area (Å²) in [6.45, 7) is 5.66. The summed E-state index contributed by atoms with van der Waals surface area (Å²) in [5.74, 6) is 2.14. The van der Waals surface area contributed by atoms with Gasteiger partial charge in [0.2, 0.25) is 11.8 Å². The molecule has 1 saturated heterocycles. The predicted molar refractivity (Wildman–Crippen MR) is 82.6 cm³/mol. The van der Waals surface area contributed by atoms with Crippen LogP contribution < -0.4 is 0 Å². The van der Waals surface area contributed by atoms with Crippen LogP contribution in [0.1, 0.15) is 42.5 Å². The summed E-state index contributed by atoms with van der Waals surface area (Å²) in [5.41, 5.74) is 0.394. The second-order valence-corrected chi connectivity index (χ2v) is 6.39. The molecule has 7 nitrogen and oxygen atoms in total. The van der Waals surface area contributed by atoms with Gasteiger partial charge in [0.25, 0.3) is 5.91 Å². The Morgan fingerprint density at radius 1 is 1.35 bits per heavy atom. The molecule has 1 aliphatic heterocycles. The Labute approximate surface area is 135 Å². The summed E-state index contributed by atoms with van der Waals surface area (Å²) in [7, 11) is 0. The molecule has 0 radical (unpaired) electrons. The minimum absolute atomic E-state index is 0.0633. The molecule has 0 bridgehead atoms. The van der Waals surface area contributed by atoms with E-state index in [0.717, 1.165) is 25.8 Å². The first-order valence-electron chi connectivity index (χ1n) is 7.98. The van der Waals surface area contributed by atoms with E-state index in [2.05, 4.69) is 34.0 Å². The van der Waals surface area contributed by atoms with Crippen LogP contribution in [0.2, 0.25) is 0 Å². The molecule has 1 atom stereocenters.